The van der Waals surface area contributed by atoms with Crippen molar-refractivity contribution in [2.45, 2.75) is 5.38 Å². The van der Waals surface area contributed by atoms with Crippen LogP contribution in [0, 0.1) is 5.82 Å². The van der Waals surface area contributed by atoms with E-state index in [4.69, 9.17) is 16.3 Å². The second kappa shape index (κ2) is 5.19. The molecule has 3 heteroatoms. The van der Waals surface area contributed by atoms with Gasteiger partial charge in [-0.25, -0.2) is 4.39 Å². The zero-order valence-electron chi connectivity index (χ0n) is 9.36. The van der Waals surface area contributed by atoms with Crippen LogP contribution in [0.4, 0.5) is 4.39 Å². The van der Waals surface area contributed by atoms with Crippen LogP contribution in [-0.2, 0) is 0 Å². The second-order valence-electron chi connectivity index (χ2n) is 3.66. The SMILES string of the molecule is COc1ccc(C(Cl)c2ccccc2F)cc1. The van der Waals surface area contributed by atoms with Crippen molar-refractivity contribution in [2.75, 3.05) is 7.11 Å². The molecule has 0 aromatic heterocycles. The highest BCUT2D eigenvalue weighted by molar-refractivity contribution is 6.22. The van der Waals surface area contributed by atoms with Gasteiger partial charge in [-0.15, -0.1) is 11.6 Å². The standard InChI is InChI=1S/C14H12ClFO/c1-17-11-8-6-10(7-9-11)14(15)12-4-2-3-5-13(12)16/h2-9,14H,1H3. The van der Waals surface area contributed by atoms with Crippen molar-refractivity contribution in [3.05, 3.63) is 65.5 Å². The van der Waals surface area contributed by atoms with Crippen molar-refractivity contribution in [3.63, 3.8) is 0 Å². The molecule has 0 aliphatic carbocycles. The molecule has 0 radical (unpaired) electrons. The first-order valence-corrected chi connectivity index (χ1v) is 5.68. The normalized spacial score (nSPS) is 12.2. The molecular weight excluding hydrogens is 239 g/mol. The summed E-state index contributed by atoms with van der Waals surface area (Å²) in [7, 11) is 1.60. The molecule has 0 amide bonds. The molecular formula is C14H12ClFO. The third kappa shape index (κ3) is 2.59. The molecule has 0 bridgehead atoms. The zero-order valence-corrected chi connectivity index (χ0v) is 10.1. The van der Waals surface area contributed by atoms with E-state index in [1.54, 1.807) is 25.3 Å². The van der Waals surface area contributed by atoms with Crippen LogP contribution < -0.4 is 4.74 Å². The maximum Gasteiger partial charge on any atom is 0.128 e. The average Bonchev–Trinajstić information content (AvgIpc) is 2.39. The summed E-state index contributed by atoms with van der Waals surface area (Å²) < 4.78 is 18.6. The van der Waals surface area contributed by atoms with E-state index in [9.17, 15) is 4.39 Å². The van der Waals surface area contributed by atoms with Gasteiger partial charge in [-0.1, -0.05) is 30.3 Å². The largest absolute Gasteiger partial charge is 0.497 e. The molecule has 2 aromatic rings. The van der Waals surface area contributed by atoms with Gasteiger partial charge >= 0.3 is 0 Å². The lowest BCUT2D eigenvalue weighted by Crippen LogP contribution is -1.96. The van der Waals surface area contributed by atoms with E-state index in [2.05, 4.69) is 0 Å². The first-order valence-electron chi connectivity index (χ1n) is 5.25. The Hall–Kier alpha value is -1.54. The monoisotopic (exact) mass is 250 g/mol. The highest BCUT2D eigenvalue weighted by Gasteiger charge is 2.14. The van der Waals surface area contributed by atoms with Gasteiger partial charge in [-0.05, 0) is 23.8 Å². The van der Waals surface area contributed by atoms with E-state index in [0.717, 1.165) is 11.3 Å². The van der Waals surface area contributed by atoms with Gasteiger partial charge in [0.1, 0.15) is 11.6 Å². The van der Waals surface area contributed by atoms with E-state index in [-0.39, 0.29) is 5.82 Å². The van der Waals surface area contributed by atoms with Crippen LogP contribution in [0.25, 0.3) is 0 Å². The quantitative estimate of drug-likeness (QED) is 0.743. The van der Waals surface area contributed by atoms with Crippen molar-refractivity contribution < 1.29 is 9.13 Å². The molecule has 0 saturated carbocycles. The molecule has 0 saturated heterocycles. The molecule has 1 unspecified atom stereocenters. The van der Waals surface area contributed by atoms with Crippen LogP contribution in [0.2, 0.25) is 0 Å². The van der Waals surface area contributed by atoms with Gasteiger partial charge in [-0.3, -0.25) is 0 Å². The molecule has 0 aliphatic heterocycles. The minimum Gasteiger partial charge on any atom is -0.497 e. The van der Waals surface area contributed by atoms with Crippen LogP contribution in [0.5, 0.6) is 5.75 Å². The summed E-state index contributed by atoms with van der Waals surface area (Å²) in [6, 6.07) is 13.8. The predicted octanol–water partition coefficient (Wildman–Crippen LogP) is 4.16. The van der Waals surface area contributed by atoms with E-state index >= 15 is 0 Å². The Morgan fingerprint density at radius 3 is 2.29 bits per heavy atom. The summed E-state index contributed by atoms with van der Waals surface area (Å²) in [5.74, 6) is 0.467. The number of hydrogen-bond acceptors (Lipinski definition) is 1. The maximum atomic E-state index is 13.6. The van der Waals surface area contributed by atoms with Crippen molar-refractivity contribution in [1.82, 2.24) is 0 Å². The Kier molecular flexibility index (Phi) is 3.64. The number of rotatable bonds is 3. The third-order valence-electron chi connectivity index (χ3n) is 2.59. The predicted molar refractivity (Wildman–Crippen MR) is 67.1 cm³/mol. The van der Waals surface area contributed by atoms with Crippen molar-refractivity contribution >= 4 is 11.6 Å². The molecule has 88 valence electrons. The smallest absolute Gasteiger partial charge is 0.128 e. The van der Waals surface area contributed by atoms with Gasteiger partial charge in [0.25, 0.3) is 0 Å². The lowest BCUT2D eigenvalue weighted by molar-refractivity contribution is 0.414. The summed E-state index contributed by atoms with van der Waals surface area (Å²) >= 11 is 6.25. The fraction of sp³-hybridized carbons (Fsp3) is 0.143. The summed E-state index contributed by atoms with van der Waals surface area (Å²) in [5, 5.41) is -0.484. The molecule has 0 N–H and O–H groups in total. The number of benzene rings is 2. The fourth-order valence-corrected chi connectivity index (χ4v) is 1.96. The second-order valence-corrected chi connectivity index (χ2v) is 4.09. The molecule has 17 heavy (non-hydrogen) atoms. The van der Waals surface area contributed by atoms with E-state index in [0.29, 0.717) is 5.56 Å². The number of hydrogen-bond donors (Lipinski definition) is 0. The highest BCUT2D eigenvalue weighted by Crippen LogP contribution is 2.31. The Morgan fingerprint density at radius 1 is 1.06 bits per heavy atom. The lowest BCUT2D eigenvalue weighted by atomic mass is 10.0. The molecule has 2 aromatic carbocycles. The highest BCUT2D eigenvalue weighted by atomic mass is 35.5. The van der Waals surface area contributed by atoms with E-state index in [1.165, 1.54) is 6.07 Å². The number of alkyl halides is 1. The van der Waals surface area contributed by atoms with Crippen LogP contribution in [-0.4, -0.2) is 7.11 Å². The Labute approximate surface area is 105 Å². The van der Waals surface area contributed by atoms with Gasteiger partial charge in [0, 0.05) is 5.56 Å². The van der Waals surface area contributed by atoms with E-state index in [1.807, 2.05) is 24.3 Å². The Bertz CT molecular complexity index is 496. The first-order chi connectivity index (χ1) is 8.22. The van der Waals surface area contributed by atoms with Crippen LogP contribution in [0.15, 0.2) is 48.5 Å². The number of ether oxygens (including phenoxy) is 1. The molecule has 0 fully saturated rings. The summed E-state index contributed by atoms with van der Waals surface area (Å²) in [6.07, 6.45) is 0. The Morgan fingerprint density at radius 2 is 1.71 bits per heavy atom. The van der Waals surface area contributed by atoms with Gasteiger partial charge in [0.15, 0.2) is 0 Å². The summed E-state index contributed by atoms with van der Waals surface area (Å²) in [6.45, 7) is 0. The molecule has 0 heterocycles. The van der Waals surface area contributed by atoms with Gasteiger partial charge in [-0.2, -0.15) is 0 Å². The Balaban J connectivity index is 2.30. The van der Waals surface area contributed by atoms with Gasteiger partial charge < -0.3 is 4.74 Å². The summed E-state index contributed by atoms with van der Waals surface area (Å²) in [5.41, 5.74) is 1.33. The first kappa shape index (κ1) is 11.9. The minimum atomic E-state index is -0.484. The molecule has 1 nitrogen and oxygen atoms in total. The van der Waals surface area contributed by atoms with Crippen molar-refractivity contribution in [2.24, 2.45) is 0 Å². The number of methoxy groups -OCH3 is 1. The minimum absolute atomic E-state index is 0.289. The van der Waals surface area contributed by atoms with Crippen LogP contribution >= 0.6 is 11.6 Å². The third-order valence-corrected chi connectivity index (χ3v) is 3.07. The van der Waals surface area contributed by atoms with Crippen LogP contribution in [0.3, 0.4) is 0 Å². The average molecular weight is 251 g/mol. The number of halogens is 2. The molecule has 0 aliphatic rings. The van der Waals surface area contributed by atoms with Gasteiger partial charge in [0.2, 0.25) is 0 Å². The van der Waals surface area contributed by atoms with E-state index < -0.39 is 5.38 Å². The molecule has 0 spiro atoms. The van der Waals surface area contributed by atoms with Gasteiger partial charge in [0.05, 0.1) is 12.5 Å². The zero-order chi connectivity index (χ0) is 12.3. The molecule has 1 atom stereocenters. The summed E-state index contributed by atoms with van der Waals surface area (Å²) in [4.78, 5) is 0. The maximum absolute atomic E-state index is 13.6. The van der Waals surface area contributed by atoms with Crippen LogP contribution in [0.1, 0.15) is 16.5 Å². The van der Waals surface area contributed by atoms with Crippen molar-refractivity contribution in [3.8, 4) is 5.75 Å². The molecule has 2 rings (SSSR count). The topological polar surface area (TPSA) is 9.23 Å². The lowest BCUT2D eigenvalue weighted by Gasteiger charge is -2.11. The van der Waals surface area contributed by atoms with Crippen molar-refractivity contribution in [1.29, 1.82) is 0 Å². The fourth-order valence-electron chi connectivity index (χ4n) is 1.63.